The third kappa shape index (κ3) is 5.47. The lowest BCUT2D eigenvalue weighted by molar-refractivity contribution is -0.116. The molecule has 28 heavy (non-hydrogen) atoms. The first kappa shape index (κ1) is 19.7. The highest BCUT2D eigenvalue weighted by molar-refractivity contribution is 7.14. The molecule has 1 aromatic heterocycles. The van der Waals surface area contributed by atoms with Crippen LogP contribution in [0.4, 0.5) is 9.52 Å². The summed E-state index contributed by atoms with van der Waals surface area (Å²) in [6.45, 7) is 1.90. The molecule has 0 aliphatic heterocycles. The van der Waals surface area contributed by atoms with Gasteiger partial charge < -0.3 is 10.1 Å². The van der Waals surface area contributed by atoms with Crippen LogP contribution >= 0.6 is 11.3 Å². The molecule has 0 fully saturated rings. The first-order valence-electron chi connectivity index (χ1n) is 8.76. The average Bonchev–Trinajstić information content (AvgIpc) is 3.14. The van der Waals surface area contributed by atoms with Crippen molar-refractivity contribution in [3.8, 4) is 17.0 Å². The largest absolute Gasteiger partial charge is 0.494 e. The molecule has 1 amide bonds. The number of carbonyl (C=O) groups excluding carboxylic acids is 2. The van der Waals surface area contributed by atoms with E-state index in [-0.39, 0.29) is 17.5 Å². The predicted molar refractivity (Wildman–Crippen MR) is 107 cm³/mol. The van der Waals surface area contributed by atoms with Gasteiger partial charge in [-0.05, 0) is 49.7 Å². The van der Waals surface area contributed by atoms with E-state index in [1.807, 2.05) is 0 Å². The number of hydrogen-bond acceptors (Lipinski definition) is 5. The molecule has 7 heteroatoms. The van der Waals surface area contributed by atoms with Crippen molar-refractivity contribution >= 4 is 28.2 Å². The Morgan fingerprint density at radius 2 is 1.96 bits per heavy atom. The van der Waals surface area contributed by atoms with Gasteiger partial charge in [0.2, 0.25) is 5.91 Å². The minimum absolute atomic E-state index is 0.00552. The first-order valence-corrected chi connectivity index (χ1v) is 9.64. The van der Waals surface area contributed by atoms with Gasteiger partial charge in [0.1, 0.15) is 11.6 Å². The number of hydrogen-bond donors (Lipinski definition) is 1. The highest BCUT2D eigenvalue weighted by atomic mass is 32.1. The van der Waals surface area contributed by atoms with E-state index in [0.29, 0.717) is 47.2 Å². The van der Waals surface area contributed by atoms with Crippen LogP contribution in [-0.4, -0.2) is 23.3 Å². The van der Waals surface area contributed by atoms with Crippen molar-refractivity contribution in [1.29, 1.82) is 0 Å². The van der Waals surface area contributed by atoms with Gasteiger partial charge in [0.05, 0.1) is 12.3 Å². The van der Waals surface area contributed by atoms with E-state index in [1.54, 1.807) is 41.8 Å². The third-order valence-electron chi connectivity index (χ3n) is 3.95. The number of halogens is 1. The number of ketones is 1. The van der Waals surface area contributed by atoms with E-state index < -0.39 is 0 Å². The van der Waals surface area contributed by atoms with E-state index in [2.05, 4.69) is 10.3 Å². The molecular formula is C21H19FN2O3S. The quantitative estimate of drug-likeness (QED) is 0.431. The van der Waals surface area contributed by atoms with Crippen LogP contribution in [0.5, 0.6) is 5.75 Å². The number of thiazole rings is 1. The SMILES string of the molecule is CC(=O)c1ccc(OCCCC(=O)Nc2nc(-c3cccc(F)c3)cs2)cc1. The summed E-state index contributed by atoms with van der Waals surface area (Å²) in [6.07, 6.45) is 0.836. The van der Waals surface area contributed by atoms with Gasteiger partial charge in [-0.25, -0.2) is 9.37 Å². The summed E-state index contributed by atoms with van der Waals surface area (Å²) in [4.78, 5) is 27.6. The molecular weight excluding hydrogens is 379 g/mol. The Morgan fingerprint density at radius 1 is 1.18 bits per heavy atom. The number of aromatic nitrogens is 1. The monoisotopic (exact) mass is 398 g/mol. The second kappa shape index (κ2) is 9.23. The number of nitrogens with one attached hydrogen (secondary N) is 1. The van der Waals surface area contributed by atoms with Crippen molar-refractivity contribution in [2.75, 3.05) is 11.9 Å². The van der Waals surface area contributed by atoms with Crippen molar-refractivity contribution in [2.45, 2.75) is 19.8 Å². The molecule has 0 bridgehead atoms. The lowest BCUT2D eigenvalue weighted by atomic mass is 10.1. The molecule has 1 N–H and O–H groups in total. The van der Waals surface area contributed by atoms with Crippen LogP contribution in [0.3, 0.4) is 0 Å². The predicted octanol–water partition coefficient (Wildman–Crippen LogP) is 4.95. The Hall–Kier alpha value is -3.06. The standard InChI is InChI=1S/C21H19FN2O3S/c1-14(25)15-7-9-18(10-8-15)27-11-3-6-20(26)24-21-23-19(13-28-21)16-4-2-5-17(22)12-16/h2,4-5,7-10,12-13H,3,6,11H2,1H3,(H,23,24,26). The Morgan fingerprint density at radius 3 is 2.68 bits per heavy atom. The molecule has 3 aromatic rings. The second-order valence-corrected chi connectivity index (χ2v) is 6.99. The number of amides is 1. The molecule has 1 heterocycles. The van der Waals surface area contributed by atoms with Gasteiger partial charge in [0.15, 0.2) is 10.9 Å². The van der Waals surface area contributed by atoms with Gasteiger partial charge in [-0.1, -0.05) is 12.1 Å². The normalized spacial score (nSPS) is 10.5. The number of rotatable bonds is 8. The Bertz CT molecular complexity index is 970. The van der Waals surface area contributed by atoms with Crippen LogP contribution in [0.25, 0.3) is 11.3 Å². The average molecular weight is 398 g/mol. The van der Waals surface area contributed by atoms with Crippen LogP contribution in [0.2, 0.25) is 0 Å². The van der Waals surface area contributed by atoms with Crippen LogP contribution in [0.15, 0.2) is 53.9 Å². The topological polar surface area (TPSA) is 68.3 Å². The molecule has 0 atom stereocenters. The fraction of sp³-hybridized carbons (Fsp3) is 0.190. The van der Waals surface area contributed by atoms with Crippen molar-refractivity contribution in [3.05, 3.63) is 65.3 Å². The highest BCUT2D eigenvalue weighted by Crippen LogP contribution is 2.25. The molecule has 0 saturated heterocycles. The molecule has 0 aliphatic carbocycles. The molecule has 0 aliphatic rings. The van der Waals surface area contributed by atoms with Crippen molar-refractivity contribution in [2.24, 2.45) is 0 Å². The maximum atomic E-state index is 13.3. The third-order valence-corrected chi connectivity index (χ3v) is 4.71. The van der Waals surface area contributed by atoms with E-state index in [4.69, 9.17) is 4.74 Å². The molecule has 0 unspecified atom stereocenters. The molecule has 3 rings (SSSR count). The number of benzene rings is 2. The summed E-state index contributed by atoms with van der Waals surface area (Å²) in [6, 6.07) is 13.1. The van der Waals surface area contributed by atoms with E-state index >= 15 is 0 Å². The number of Topliss-reactive ketones (excluding diaryl/α,β-unsaturated/α-hetero) is 1. The fourth-order valence-corrected chi connectivity index (χ4v) is 3.24. The summed E-state index contributed by atoms with van der Waals surface area (Å²) in [5.74, 6) is 0.179. The van der Waals surface area contributed by atoms with Gasteiger partial charge in [-0.15, -0.1) is 11.3 Å². The summed E-state index contributed by atoms with van der Waals surface area (Å²) in [5.41, 5.74) is 1.92. The fourth-order valence-electron chi connectivity index (χ4n) is 2.50. The van der Waals surface area contributed by atoms with Crippen molar-refractivity contribution in [1.82, 2.24) is 4.98 Å². The minimum Gasteiger partial charge on any atom is -0.494 e. The molecule has 0 spiro atoms. The van der Waals surface area contributed by atoms with Crippen molar-refractivity contribution in [3.63, 3.8) is 0 Å². The maximum Gasteiger partial charge on any atom is 0.226 e. The van der Waals surface area contributed by atoms with Crippen molar-refractivity contribution < 1.29 is 18.7 Å². The van der Waals surface area contributed by atoms with E-state index in [9.17, 15) is 14.0 Å². The Kier molecular flexibility index (Phi) is 6.49. The highest BCUT2D eigenvalue weighted by Gasteiger charge is 2.09. The van der Waals surface area contributed by atoms with Crippen LogP contribution in [0, 0.1) is 5.82 Å². The van der Waals surface area contributed by atoms with Crippen LogP contribution < -0.4 is 10.1 Å². The second-order valence-electron chi connectivity index (χ2n) is 6.13. The van der Waals surface area contributed by atoms with Crippen LogP contribution in [0.1, 0.15) is 30.1 Å². The first-order chi connectivity index (χ1) is 13.5. The van der Waals surface area contributed by atoms with Gasteiger partial charge in [0, 0.05) is 22.9 Å². The van der Waals surface area contributed by atoms with Crippen LogP contribution in [-0.2, 0) is 4.79 Å². The summed E-state index contributed by atoms with van der Waals surface area (Å²) in [5, 5.41) is 5.00. The van der Waals surface area contributed by atoms with E-state index in [1.165, 1.54) is 30.4 Å². The summed E-state index contributed by atoms with van der Waals surface area (Å²) >= 11 is 1.29. The number of anilines is 1. The summed E-state index contributed by atoms with van der Waals surface area (Å²) < 4.78 is 18.9. The lowest BCUT2D eigenvalue weighted by Crippen LogP contribution is -2.12. The zero-order valence-corrected chi connectivity index (χ0v) is 16.1. The Balaban J connectivity index is 1.43. The zero-order valence-electron chi connectivity index (χ0n) is 15.3. The zero-order chi connectivity index (χ0) is 19.9. The van der Waals surface area contributed by atoms with Gasteiger partial charge in [0.25, 0.3) is 0 Å². The molecule has 144 valence electrons. The smallest absolute Gasteiger partial charge is 0.226 e. The minimum atomic E-state index is -0.327. The Labute approximate surface area is 166 Å². The van der Waals surface area contributed by atoms with Gasteiger partial charge in [-0.3, -0.25) is 9.59 Å². The van der Waals surface area contributed by atoms with E-state index in [0.717, 1.165) is 0 Å². The number of ether oxygens (including phenoxy) is 1. The molecule has 5 nitrogen and oxygen atoms in total. The number of carbonyl (C=O) groups is 2. The van der Waals surface area contributed by atoms with Gasteiger partial charge >= 0.3 is 0 Å². The number of nitrogens with zero attached hydrogens (tertiary/aromatic N) is 1. The maximum absolute atomic E-state index is 13.3. The molecule has 0 saturated carbocycles. The van der Waals surface area contributed by atoms with Gasteiger partial charge in [-0.2, -0.15) is 0 Å². The molecule has 0 radical (unpaired) electrons. The lowest BCUT2D eigenvalue weighted by Gasteiger charge is -2.06. The molecule has 2 aromatic carbocycles. The summed E-state index contributed by atoms with van der Waals surface area (Å²) in [7, 11) is 0.